The maximum absolute atomic E-state index is 6.53. The molecule has 0 fully saturated rings. The Morgan fingerprint density at radius 2 is 1.15 bits per heavy atom. The first-order valence-corrected chi connectivity index (χ1v) is 22.2. The van der Waals surface area contributed by atoms with E-state index in [1.165, 1.54) is 76.4 Å². The van der Waals surface area contributed by atoms with Crippen molar-refractivity contribution < 1.29 is 18.9 Å². The van der Waals surface area contributed by atoms with Gasteiger partial charge >= 0.3 is 0 Å². The van der Waals surface area contributed by atoms with Crippen LogP contribution in [0, 0.1) is 34.6 Å². The maximum atomic E-state index is 6.53. The van der Waals surface area contributed by atoms with Crippen LogP contribution in [-0.4, -0.2) is 33.1 Å². The molecule has 5 aromatic carbocycles. The molecule has 6 nitrogen and oxygen atoms in total. The van der Waals surface area contributed by atoms with Gasteiger partial charge in [0, 0.05) is 46.2 Å². The van der Waals surface area contributed by atoms with Crippen molar-refractivity contribution in [1.82, 2.24) is 0 Å². The van der Waals surface area contributed by atoms with Crippen molar-refractivity contribution in [1.29, 1.82) is 0 Å². The van der Waals surface area contributed by atoms with E-state index < -0.39 is 0 Å². The molecule has 0 radical (unpaired) electrons. The molecule has 0 saturated carbocycles. The van der Waals surface area contributed by atoms with Crippen molar-refractivity contribution in [3.05, 3.63) is 99.6 Å². The smallest absolute Gasteiger partial charge is 0.254 e. The zero-order valence-corrected chi connectivity index (χ0v) is 37.3. The molecule has 0 saturated heterocycles. The van der Waals surface area contributed by atoms with Crippen LogP contribution in [0.5, 0.6) is 23.0 Å². The first-order chi connectivity index (χ1) is 28.1. The van der Waals surface area contributed by atoms with Crippen LogP contribution >= 0.6 is 11.3 Å². The van der Waals surface area contributed by atoms with Gasteiger partial charge in [0.25, 0.3) is 6.71 Å². The van der Waals surface area contributed by atoms with E-state index in [0.717, 1.165) is 58.3 Å². The molecule has 8 heteroatoms. The summed E-state index contributed by atoms with van der Waals surface area (Å²) in [5.74, 6) is 3.32. The van der Waals surface area contributed by atoms with E-state index >= 15 is 0 Å². The van der Waals surface area contributed by atoms with Crippen LogP contribution in [-0.2, 0) is 10.8 Å². The van der Waals surface area contributed by atoms with E-state index in [9.17, 15) is 0 Å². The van der Waals surface area contributed by atoms with Crippen LogP contribution in [0.2, 0.25) is 0 Å². The highest BCUT2D eigenvalue weighted by Gasteiger charge is 2.47. The van der Waals surface area contributed by atoms with Gasteiger partial charge in [-0.25, -0.2) is 0 Å². The summed E-state index contributed by atoms with van der Waals surface area (Å²) >= 11 is 1.90. The minimum Gasteiger partial charge on any atom is -0.490 e. The molecule has 1 aromatic heterocycles. The zero-order chi connectivity index (χ0) is 41.3. The number of rotatable bonds is 2. The summed E-state index contributed by atoms with van der Waals surface area (Å²) in [6.45, 7) is 27.6. The molecule has 0 N–H and O–H groups in total. The van der Waals surface area contributed by atoms with Gasteiger partial charge in [0.15, 0.2) is 23.0 Å². The Balaban J connectivity index is 1.35. The van der Waals surface area contributed by atoms with Gasteiger partial charge in [-0.15, -0.1) is 11.3 Å². The number of aryl methyl sites for hydroxylation is 4. The Bertz CT molecular complexity index is 2710. The standard InChI is InChI=1S/C51H55BN2O4S/c1-28-20-38-45-39(21-28)54(47-31(4)24-42-48(32(47)5)58-19-13-18-57-42)49-44(35-25-33(50(6,7)8)14-15-43(35)59-49)52(45)36-26-40-41(56-17-12-16-55-40)27-37(36)53(38)46-29(2)22-34(23-30(46)3)51(9,10)11/h14-15,20-27H,12-13,16-19H2,1-11H3. The van der Waals surface area contributed by atoms with Crippen molar-refractivity contribution in [3.63, 3.8) is 0 Å². The third-order valence-corrected chi connectivity index (χ3v) is 14.0. The number of thiophene rings is 1. The molecule has 5 heterocycles. The van der Waals surface area contributed by atoms with Gasteiger partial charge in [-0.1, -0.05) is 65.8 Å². The van der Waals surface area contributed by atoms with Crippen molar-refractivity contribution in [2.24, 2.45) is 0 Å². The maximum Gasteiger partial charge on any atom is 0.254 e. The predicted molar refractivity (Wildman–Crippen MR) is 248 cm³/mol. The van der Waals surface area contributed by atoms with Crippen molar-refractivity contribution >= 4 is 78.0 Å². The Kier molecular flexibility index (Phi) is 8.71. The fourth-order valence-corrected chi connectivity index (χ4v) is 11.2. The summed E-state index contributed by atoms with van der Waals surface area (Å²) in [6.07, 6.45) is 1.71. The number of anilines is 6. The molecular formula is C51H55BN2O4S. The molecule has 0 atom stereocenters. The minimum atomic E-state index is -0.0605. The average Bonchev–Trinajstić information content (AvgIpc) is 3.28. The molecule has 0 spiro atoms. The molecule has 302 valence electrons. The van der Waals surface area contributed by atoms with Crippen LogP contribution in [0.4, 0.5) is 33.4 Å². The number of hydrogen-bond acceptors (Lipinski definition) is 7. The van der Waals surface area contributed by atoms with Gasteiger partial charge in [0.05, 0.1) is 42.8 Å². The molecule has 4 aliphatic heterocycles. The first kappa shape index (κ1) is 38.1. The molecular weight excluding hydrogens is 747 g/mol. The highest BCUT2D eigenvalue weighted by Crippen LogP contribution is 2.53. The second-order valence-corrected chi connectivity index (χ2v) is 20.3. The summed E-state index contributed by atoms with van der Waals surface area (Å²) < 4.78 is 27.1. The number of fused-ring (bicyclic) bond motifs is 8. The second kappa shape index (κ2) is 13.5. The first-order valence-electron chi connectivity index (χ1n) is 21.4. The van der Waals surface area contributed by atoms with Crippen LogP contribution in [0.25, 0.3) is 10.1 Å². The topological polar surface area (TPSA) is 43.4 Å². The van der Waals surface area contributed by atoms with Crippen molar-refractivity contribution in [3.8, 4) is 23.0 Å². The largest absolute Gasteiger partial charge is 0.490 e. The molecule has 0 unspecified atom stereocenters. The Morgan fingerprint density at radius 3 is 1.81 bits per heavy atom. The van der Waals surface area contributed by atoms with Gasteiger partial charge in [0.2, 0.25) is 0 Å². The van der Waals surface area contributed by atoms with Gasteiger partial charge in [-0.2, -0.15) is 0 Å². The Labute approximate surface area is 354 Å². The molecule has 10 rings (SSSR count). The lowest BCUT2D eigenvalue weighted by molar-refractivity contribution is 0.296. The fraction of sp³-hybridized carbons (Fsp3) is 0.373. The third kappa shape index (κ3) is 5.95. The average molecular weight is 803 g/mol. The van der Waals surface area contributed by atoms with Crippen molar-refractivity contribution in [2.45, 2.75) is 99.8 Å². The molecule has 59 heavy (non-hydrogen) atoms. The van der Waals surface area contributed by atoms with E-state index in [1.54, 1.807) is 0 Å². The molecule has 6 aromatic rings. The third-order valence-electron chi connectivity index (χ3n) is 12.8. The lowest BCUT2D eigenvalue weighted by Crippen LogP contribution is -2.61. The minimum absolute atomic E-state index is 0.0168. The summed E-state index contributed by atoms with van der Waals surface area (Å²) in [4.78, 5) is 5.13. The predicted octanol–water partition coefficient (Wildman–Crippen LogP) is 11.4. The van der Waals surface area contributed by atoms with Gasteiger partial charge in [-0.05, 0) is 131 Å². The van der Waals surface area contributed by atoms with Crippen LogP contribution in [0.15, 0.2) is 60.7 Å². The number of ether oxygens (including phenoxy) is 4. The SMILES string of the molecule is Cc1cc2c3c(c1)N(c1c(C)cc4c(c1C)OCCCO4)c1sc4ccc(C(C)(C)C)cc4c1B3c1cc3c(cc1N2c1c(C)cc(C(C)(C)C)cc1C)OCCCO3. The van der Waals surface area contributed by atoms with E-state index in [-0.39, 0.29) is 17.5 Å². The zero-order valence-electron chi connectivity index (χ0n) is 36.5. The summed E-state index contributed by atoms with van der Waals surface area (Å²) in [7, 11) is 0. The highest BCUT2D eigenvalue weighted by atomic mass is 32.1. The normalized spacial score (nSPS) is 15.7. The number of hydrogen-bond donors (Lipinski definition) is 0. The lowest BCUT2D eigenvalue weighted by atomic mass is 9.33. The van der Waals surface area contributed by atoms with E-state index in [0.29, 0.717) is 26.4 Å². The molecule has 0 bridgehead atoms. The molecule has 0 amide bonds. The monoisotopic (exact) mass is 802 g/mol. The summed E-state index contributed by atoms with van der Waals surface area (Å²) in [5, 5.41) is 2.55. The summed E-state index contributed by atoms with van der Waals surface area (Å²) in [5.41, 5.74) is 18.4. The van der Waals surface area contributed by atoms with Crippen LogP contribution in [0.3, 0.4) is 0 Å². The number of benzene rings is 5. The number of nitrogens with zero attached hydrogens (tertiary/aromatic N) is 2. The van der Waals surface area contributed by atoms with Crippen LogP contribution in [0.1, 0.15) is 93.3 Å². The quantitative estimate of drug-likeness (QED) is 0.162. The molecule has 0 aliphatic carbocycles. The summed E-state index contributed by atoms with van der Waals surface area (Å²) in [6, 6.07) is 23.6. The van der Waals surface area contributed by atoms with Crippen molar-refractivity contribution in [2.75, 3.05) is 36.2 Å². The van der Waals surface area contributed by atoms with Gasteiger partial charge < -0.3 is 28.7 Å². The lowest BCUT2D eigenvalue weighted by Gasteiger charge is -2.45. The Hall–Kier alpha value is -5.08. The van der Waals surface area contributed by atoms with E-state index in [2.05, 4.69) is 147 Å². The Morgan fingerprint density at radius 1 is 0.559 bits per heavy atom. The van der Waals surface area contributed by atoms with Gasteiger partial charge in [0.1, 0.15) is 0 Å². The highest BCUT2D eigenvalue weighted by molar-refractivity contribution is 7.26. The van der Waals surface area contributed by atoms with Crippen LogP contribution < -0.4 is 45.1 Å². The van der Waals surface area contributed by atoms with E-state index in [1.807, 2.05) is 11.3 Å². The van der Waals surface area contributed by atoms with E-state index in [4.69, 9.17) is 18.9 Å². The van der Waals surface area contributed by atoms with Gasteiger partial charge in [-0.3, -0.25) is 0 Å². The fourth-order valence-electron chi connectivity index (χ4n) is 9.94. The second-order valence-electron chi connectivity index (χ2n) is 19.3. The molecule has 4 aliphatic rings.